The highest BCUT2D eigenvalue weighted by Crippen LogP contribution is 2.22. The first-order valence-electron chi connectivity index (χ1n) is 8.79. The van der Waals surface area contributed by atoms with Crippen molar-refractivity contribution in [1.82, 2.24) is 14.9 Å². The van der Waals surface area contributed by atoms with Crippen LogP contribution in [-0.4, -0.2) is 37.6 Å². The zero-order chi connectivity index (χ0) is 18.7. The molecule has 2 N–H and O–H groups in total. The van der Waals surface area contributed by atoms with Crippen molar-refractivity contribution < 1.29 is 13.2 Å². The van der Waals surface area contributed by atoms with Crippen molar-refractivity contribution in [3.05, 3.63) is 41.2 Å². The van der Waals surface area contributed by atoms with Crippen LogP contribution in [0.25, 0.3) is 0 Å². The van der Waals surface area contributed by atoms with Gasteiger partial charge in [0.15, 0.2) is 0 Å². The summed E-state index contributed by atoms with van der Waals surface area (Å²) in [5.74, 6) is 0.0934. The van der Waals surface area contributed by atoms with Crippen molar-refractivity contribution in [2.75, 3.05) is 18.0 Å². The number of anilines is 1. The number of amides is 1. The number of nitrogens with one attached hydrogen (secondary N) is 2. The quantitative estimate of drug-likeness (QED) is 0.807. The maximum Gasteiger partial charge on any atom is 0.240 e. The second-order valence-corrected chi connectivity index (χ2v) is 8.32. The monoisotopic (exact) mass is 376 g/mol. The zero-order valence-electron chi connectivity index (χ0n) is 15.1. The van der Waals surface area contributed by atoms with Crippen LogP contribution in [0.5, 0.6) is 0 Å². The van der Waals surface area contributed by atoms with Crippen molar-refractivity contribution >= 4 is 21.6 Å². The number of rotatable bonds is 6. The predicted octanol–water partition coefficient (Wildman–Crippen LogP) is 2.06. The molecule has 0 spiro atoms. The summed E-state index contributed by atoms with van der Waals surface area (Å²) in [6, 6.07) is 6.49. The van der Waals surface area contributed by atoms with E-state index >= 15 is 0 Å². The molecule has 2 heterocycles. The summed E-state index contributed by atoms with van der Waals surface area (Å²) in [6.07, 6.45) is 3.02. The molecule has 0 aliphatic carbocycles. The third-order valence-electron chi connectivity index (χ3n) is 4.73. The molecular formula is C18H24N4O3S. The maximum absolute atomic E-state index is 12.5. The third-order valence-corrected chi connectivity index (χ3v) is 6.21. The molecule has 140 valence electrons. The molecule has 1 aromatic carbocycles. The lowest BCUT2D eigenvalue weighted by Crippen LogP contribution is -2.35. The molecular weight excluding hydrogens is 352 g/mol. The Kier molecular flexibility index (Phi) is 5.43. The van der Waals surface area contributed by atoms with Gasteiger partial charge in [0, 0.05) is 30.9 Å². The number of aromatic nitrogens is 2. The average molecular weight is 376 g/mol. The normalized spacial score (nSPS) is 15.5. The molecule has 1 aromatic heterocycles. The van der Waals surface area contributed by atoms with Gasteiger partial charge in [-0.3, -0.25) is 9.89 Å². The number of aryl methyl sites for hydroxylation is 2. The number of H-pyrrole nitrogens is 1. The van der Waals surface area contributed by atoms with Crippen molar-refractivity contribution in [2.45, 2.75) is 44.4 Å². The van der Waals surface area contributed by atoms with Crippen LogP contribution in [0.4, 0.5) is 5.69 Å². The fourth-order valence-electron chi connectivity index (χ4n) is 3.22. The van der Waals surface area contributed by atoms with E-state index in [1.54, 1.807) is 29.2 Å². The topological polar surface area (TPSA) is 95.2 Å². The van der Waals surface area contributed by atoms with Gasteiger partial charge in [0.1, 0.15) is 0 Å². The average Bonchev–Trinajstić information content (AvgIpc) is 2.94. The number of piperidine rings is 1. The minimum atomic E-state index is -3.58. The predicted molar refractivity (Wildman–Crippen MR) is 99.6 cm³/mol. The van der Waals surface area contributed by atoms with Gasteiger partial charge in [-0.1, -0.05) is 0 Å². The molecule has 0 unspecified atom stereocenters. The Morgan fingerprint density at radius 1 is 1.19 bits per heavy atom. The number of hydrogen-bond donors (Lipinski definition) is 2. The summed E-state index contributed by atoms with van der Waals surface area (Å²) in [7, 11) is -3.58. The number of aromatic amines is 1. The van der Waals surface area contributed by atoms with Gasteiger partial charge in [-0.15, -0.1) is 0 Å². The van der Waals surface area contributed by atoms with Crippen LogP contribution in [0.3, 0.4) is 0 Å². The first-order valence-corrected chi connectivity index (χ1v) is 10.3. The van der Waals surface area contributed by atoms with Crippen LogP contribution in [0.15, 0.2) is 29.2 Å². The number of sulfonamides is 1. The molecule has 1 aliphatic heterocycles. The zero-order valence-corrected chi connectivity index (χ0v) is 15.9. The van der Waals surface area contributed by atoms with Crippen LogP contribution in [-0.2, 0) is 21.2 Å². The lowest BCUT2D eigenvalue weighted by atomic mass is 10.1. The van der Waals surface area contributed by atoms with Gasteiger partial charge in [-0.05, 0) is 62.9 Å². The van der Waals surface area contributed by atoms with Crippen LogP contribution >= 0.6 is 0 Å². The minimum Gasteiger partial charge on any atom is -0.312 e. The molecule has 1 amide bonds. The minimum absolute atomic E-state index is 0.0934. The van der Waals surface area contributed by atoms with E-state index in [1.807, 2.05) is 13.8 Å². The lowest BCUT2D eigenvalue weighted by molar-refractivity contribution is -0.119. The van der Waals surface area contributed by atoms with Crippen LogP contribution in [0, 0.1) is 13.8 Å². The van der Waals surface area contributed by atoms with E-state index in [1.165, 1.54) is 0 Å². The summed E-state index contributed by atoms with van der Waals surface area (Å²) in [6.45, 7) is 4.81. The van der Waals surface area contributed by atoms with Gasteiger partial charge >= 0.3 is 0 Å². The fourth-order valence-corrected chi connectivity index (χ4v) is 4.25. The fraction of sp³-hybridized carbons (Fsp3) is 0.444. The smallest absolute Gasteiger partial charge is 0.240 e. The van der Waals surface area contributed by atoms with Gasteiger partial charge in [-0.2, -0.15) is 5.10 Å². The van der Waals surface area contributed by atoms with E-state index in [4.69, 9.17) is 0 Å². The SMILES string of the molecule is Cc1n[nH]c(C)c1CCNS(=O)(=O)c1ccc(N2CCCCC2=O)cc1. The highest BCUT2D eigenvalue weighted by molar-refractivity contribution is 7.89. The van der Waals surface area contributed by atoms with Gasteiger partial charge in [0.2, 0.25) is 15.9 Å². The van der Waals surface area contributed by atoms with E-state index in [0.717, 1.165) is 35.5 Å². The number of nitrogens with zero attached hydrogens (tertiary/aromatic N) is 2. The van der Waals surface area contributed by atoms with E-state index in [0.29, 0.717) is 25.9 Å². The Hall–Kier alpha value is -2.19. The van der Waals surface area contributed by atoms with E-state index in [-0.39, 0.29) is 10.8 Å². The highest BCUT2D eigenvalue weighted by Gasteiger charge is 2.20. The largest absolute Gasteiger partial charge is 0.312 e. The first-order chi connectivity index (χ1) is 12.4. The number of benzene rings is 1. The Labute approximate surface area is 153 Å². The Morgan fingerprint density at radius 2 is 1.92 bits per heavy atom. The van der Waals surface area contributed by atoms with E-state index in [2.05, 4.69) is 14.9 Å². The van der Waals surface area contributed by atoms with Crippen molar-refractivity contribution in [1.29, 1.82) is 0 Å². The standard InChI is InChI=1S/C18H24N4O3S/c1-13-17(14(2)21-20-13)10-11-19-26(24,25)16-8-6-15(7-9-16)22-12-4-3-5-18(22)23/h6-9,19H,3-5,10-12H2,1-2H3,(H,20,21). The lowest BCUT2D eigenvalue weighted by Gasteiger charge is -2.26. The number of hydrogen-bond acceptors (Lipinski definition) is 4. The first kappa shape index (κ1) is 18.6. The van der Waals surface area contributed by atoms with Crippen LogP contribution < -0.4 is 9.62 Å². The number of carbonyl (C=O) groups is 1. The maximum atomic E-state index is 12.5. The van der Waals surface area contributed by atoms with Crippen LogP contribution in [0.2, 0.25) is 0 Å². The Morgan fingerprint density at radius 3 is 2.54 bits per heavy atom. The molecule has 1 saturated heterocycles. The van der Waals surface area contributed by atoms with Crippen molar-refractivity contribution in [3.8, 4) is 0 Å². The Balaban J connectivity index is 1.64. The second kappa shape index (κ2) is 7.59. The van der Waals surface area contributed by atoms with Gasteiger partial charge in [-0.25, -0.2) is 13.1 Å². The second-order valence-electron chi connectivity index (χ2n) is 6.56. The third kappa shape index (κ3) is 3.96. The van der Waals surface area contributed by atoms with Gasteiger partial charge < -0.3 is 4.90 Å². The molecule has 7 nitrogen and oxygen atoms in total. The highest BCUT2D eigenvalue weighted by atomic mass is 32.2. The Bertz CT molecular complexity index is 868. The molecule has 0 bridgehead atoms. The van der Waals surface area contributed by atoms with E-state index in [9.17, 15) is 13.2 Å². The van der Waals surface area contributed by atoms with Crippen molar-refractivity contribution in [2.24, 2.45) is 0 Å². The van der Waals surface area contributed by atoms with Gasteiger partial charge in [0.05, 0.1) is 10.6 Å². The van der Waals surface area contributed by atoms with E-state index < -0.39 is 10.0 Å². The molecule has 0 saturated carbocycles. The molecule has 0 radical (unpaired) electrons. The summed E-state index contributed by atoms with van der Waals surface area (Å²) in [4.78, 5) is 13.9. The molecule has 8 heteroatoms. The molecule has 2 aromatic rings. The summed E-state index contributed by atoms with van der Waals surface area (Å²) >= 11 is 0. The number of carbonyl (C=O) groups excluding carboxylic acids is 1. The summed E-state index contributed by atoms with van der Waals surface area (Å²) in [5.41, 5.74) is 3.62. The molecule has 1 fully saturated rings. The molecule has 1 aliphatic rings. The molecule has 3 rings (SSSR count). The van der Waals surface area contributed by atoms with Gasteiger partial charge in [0.25, 0.3) is 0 Å². The molecule has 26 heavy (non-hydrogen) atoms. The molecule has 0 atom stereocenters. The summed E-state index contributed by atoms with van der Waals surface area (Å²) < 4.78 is 27.6. The van der Waals surface area contributed by atoms with Crippen molar-refractivity contribution in [3.63, 3.8) is 0 Å². The van der Waals surface area contributed by atoms with Crippen LogP contribution in [0.1, 0.15) is 36.2 Å². The summed E-state index contributed by atoms with van der Waals surface area (Å²) in [5, 5.41) is 7.01.